The van der Waals surface area contributed by atoms with Crippen LogP contribution in [0.3, 0.4) is 0 Å². The Morgan fingerprint density at radius 2 is 1.88 bits per heavy atom. The van der Waals surface area contributed by atoms with Crippen molar-refractivity contribution in [1.29, 1.82) is 0 Å². The lowest BCUT2D eigenvalue weighted by Crippen LogP contribution is -2.00. The molecule has 0 saturated carbocycles. The molecule has 2 N–H and O–H groups in total. The summed E-state index contributed by atoms with van der Waals surface area (Å²) in [4.78, 5) is 8.74. The van der Waals surface area contributed by atoms with E-state index in [1.54, 1.807) is 0 Å². The van der Waals surface area contributed by atoms with Crippen LogP contribution in [0.5, 0.6) is 0 Å². The number of hydrogen-bond acceptors (Lipinski definition) is 3. The fourth-order valence-corrected chi connectivity index (χ4v) is 1.89. The minimum absolute atomic E-state index is 0.529. The van der Waals surface area contributed by atoms with Gasteiger partial charge in [0.1, 0.15) is 11.6 Å². The maximum absolute atomic E-state index is 5.80. The summed E-state index contributed by atoms with van der Waals surface area (Å²) >= 11 is 3.41. The monoisotopic (exact) mass is 291 g/mol. The van der Waals surface area contributed by atoms with E-state index in [9.17, 15) is 0 Å². The van der Waals surface area contributed by atoms with Crippen molar-refractivity contribution in [2.75, 3.05) is 5.73 Å². The molecular weight excluding hydrogens is 278 g/mol. The Kier molecular flexibility index (Phi) is 3.74. The number of aromatic nitrogens is 2. The Bertz CT molecular complexity index is 509. The zero-order valence-corrected chi connectivity index (χ0v) is 11.2. The maximum Gasteiger partial charge on any atom is 0.131 e. The fourth-order valence-electron chi connectivity index (χ4n) is 1.62. The van der Waals surface area contributed by atoms with E-state index >= 15 is 0 Å². The zero-order valence-electron chi connectivity index (χ0n) is 9.65. The summed E-state index contributed by atoms with van der Waals surface area (Å²) in [6.07, 6.45) is 1.87. The Hall–Kier alpha value is -1.42. The average molecular weight is 292 g/mol. The van der Waals surface area contributed by atoms with Crippen molar-refractivity contribution < 1.29 is 0 Å². The van der Waals surface area contributed by atoms with Crippen LogP contribution in [0, 0.1) is 0 Å². The molecule has 0 aliphatic carbocycles. The van der Waals surface area contributed by atoms with Crippen LogP contribution in [0.25, 0.3) is 11.3 Å². The molecule has 0 unspecified atom stereocenters. The van der Waals surface area contributed by atoms with E-state index in [0.29, 0.717) is 5.82 Å². The van der Waals surface area contributed by atoms with Gasteiger partial charge in [-0.2, -0.15) is 0 Å². The zero-order chi connectivity index (χ0) is 12.3. The first kappa shape index (κ1) is 12.0. The highest BCUT2D eigenvalue weighted by Gasteiger charge is 2.04. The third kappa shape index (κ3) is 3.03. The number of nitrogens with zero attached hydrogens (tertiary/aromatic N) is 2. The van der Waals surface area contributed by atoms with Gasteiger partial charge in [-0.05, 0) is 18.6 Å². The van der Waals surface area contributed by atoms with Gasteiger partial charge in [0.25, 0.3) is 0 Å². The first-order valence-corrected chi connectivity index (χ1v) is 6.37. The van der Waals surface area contributed by atoms with Crippen LogP contribution in [0.4, 0.5) is 5.82 Å². The van der Waals surface area contributed by atoms with Crippen molar-refractivity contribution in [3.05, 3.63) is 40.6 Å². The molecule has 0 atom stereocenters. The van der Waals surface area contributed by atoms with Gasteiger partial charge < -0.3 is 5.73 Å². The molecular formula is C13H14BrN3. The number of nitrogen functional groups attached to an aromatic ring is 1. The molecule has 2 aromatic rings. The molecule has 1 aromatic heterocycles. The van der Waals surface area contributed by atoms with E-state index in [-0.39, 0.29) is 0 Å². The van der Waals surface area contributed by atoms with E-state index in [0.717, 1.165) is 34.4 Å². The van der Waals surface area contributed by atoms with Gasteiger partial charge in [-0.1, -0.05) is 35.0 Å². The van der Waals surface area contributed by atoms with Crippen LogP contribution in [-0.4, -0.2) is 9.97 Å². The molecule has 0 aliphatic rings. The first-order valence-electron chi connectivity index (χ1n) is 5.58. The molecule has 0 amide bonds. The minimum Gasteiger partial charge on any atom is -0.384 e. The van der Waals surface area contributed by atoms with Crippen molar-refractivity contribution in [2.24, 2.45) is 0 Å². The van der Waals surface area contributed by atoms with Crippen LogP contribution in [-0.2, 0) is 6.42 Å². The summed E-state index contributed by atoms with van der Waals surface area (Å²) in [5, 5.41) is 0. The molecule has 17 heavy (non-hydrogen) atoms. The Labute approximate surface area is 109 Å². The molecule has 1 aromatic carbocycles. The fraction of sp³-hybridized carbons (Fsp3) is 0.231. The number of benzene rings is 1. The van der Waals surface area contributed by atoms with Gasteiger partial charge >= 0.3 is 0 Å². The molecule has 1 heterocycles. The lowest BCUT2D eigenvalue weighted by atomic mass is 10.1. The number of aryl methyl sites for hydroxylation is 1. The van der Waals surface area contributed by atoms with Gasteiger partial charge in [0.15, 0.2) is 0 Å². The van der Waals surface area contributed by atoms with E-state index in [2.05, 4.69) is 32.8 Å². The third-order valence-corrected chi connectivity index (χ3v) is 2.93. The molecule has 88 valence electrons. The number of halogens is 1. The first-order chi connectivity index (χ1) is 8.19. The van der Waals surface area contributed by atoms with Crippen LogP contribution < -0.4 is 5.73 Å². The molecule has 0 aliphatic heterocycles. The SMILES string of the molecule is CCCc1nc(N)cc(-c2ccc(Br)cc2)n1. The standard InChI is InChI=1S/C13H14BrN3/c1-2-3-13-16-11(8-12(15)17-13)9-4-6-10(14)7-5-9/h4-8H,2-3H2,1H3,(H2,15,16,17). The highest BCUT2D eigenvalue weighted by atomic mass is 79.9. The number of nitrogens with two attached hydrogens (primary N) is 1. The predicted octanol–water partition coefficient (Wildman–Crippen LogP) is 3.44. The predicted molar refractivity (Wildman–Crippen MR) is 73.6 cm³/mol. The molecule has 0 saturated heterocycles. The van der Waals surface area contributed by atoms with Gasteiger partial charge in [-0.3, -0.25) is 0 Å². The number of anilines is 1. The maximum atomic E-state index is 5.80. The van der Waals surface area contributed by atoms with Gasteiger partial charge in [-0.15, -0.1) is 0 Å². The van der Waals surface area contributed by atoms with Crippen LogP contribution in [0.15, 0.2) is 34.8 Å². The second-order valence-electron chi connectivity index (χ2n) is 3.85. The number of hydrogen-bond donors (Lipinski definition) is 1. The molecule has 4 heteroatoms. The van der Waals surface area contributed by atoms with Gasteiger partial charge in [0.05, 0.1) is 5.69 Å². The van der Waals surface area contributed by atoms with E-state index in [1.165, 1.54) is 0 Å². The average Bonchev–Trinajstić information content (AvgIpc) is 2.29. The minimum atomic E-state index is 0.529. The van der Waals surface area contributed by atoms with E-state index in [4.69, 9.17) is 5.73 Å². The lowest BCUT2D eigenvalue weighted by Gasteiger charge is -2.05. The van der Waals surface area contributed by atoms with Crippen molar-refractivity contribution in [1.82, 2.24) is 9.97 Å². The molecule has 2 rings (SSSR count). The van der Waals surface area contributed by atoms with E-state index < -0.39 is 0 Å². The Balaban J connectivity index is 2.40. The summed E-state index contributed by atoms with van der Waals surface area (Å²) < 4.78 is 1.05. The summed E-state index contributed by atoms with van der Waals surface area (Å²) in [6.45, 7) is 2.10. The highest BCUT2D eigenvalue weighted by molar-refractivity contribution is 9.10. The summed E-state index contributed by atoms with van der Waals surface area (Å²) in [7, 11) is 0. The van der Waals surface area contributed by atoms with Gasteiger partial charge in [-0.25, -0.2) is 9.97 Å². The van der Waals surface area contributed by atoms with Crippen molar-refractivity contribution in [2.45, 2.75) is 19.8 Å². The van der Waals surface area contributed by atoms with E-state index in [1.807, 2.05) is 30.3 Å². The van der Waals surface area contributed by atoms with Crippen molar-refractivity contribution in [3.8, 4) is 11.3 Å². The summed E-state index contributed by atoms with van der Waals surface area (Å²) in [6, 6.07) is 9.83. The lowest BCUT2D eigenvalue weighted by molar-refractivity contribution is 0.839. The normalized spacial score (nSPS) is 10.5. The van der Waals surface area contributed by atoms with Gasteiger partial charge in [0, 0.05) is 22.5 Å². The second-order valence-corrected chi connectivity index (χ2v) is 4.77. The Morgan fingerprint density at radius 1 is 1.18 bits per heavy atom. The quantitative estimate of drug-likeness (QED) is 0.942. The van der Waals surface area contributed by atoms with Crippen LogP contribution in [0.2, 0.25) is 0 Å². The molecule has 0 spiro atoms. The molecule has 3 nitrogen and oxygen atoms in total. The van der Waals surface area contributed by atoms with Gasteiger partial charge in [0.2, 0.25) is 0 Å². The molecule has 0 bridgehead atoms. The number of rotatable bonds is 3. The summed E-state index contributed by atoms with van der Waals surface area (Å²) in [5.41, 5.74) is 7.73. The van der Waals surface area contributed by atoms with Crippen molar-refractivity contribution in [3.63, 3.8) is 0 Å². The smallest absolute Gasteiger partial charge is 0.131 e. The molecule has 0 fully saturated rings. The largest absolute Gasteiger partial charge is 0.384 e. The topological polar surface area (TPSA) is 51.8 Å². The second kappa shape index (κ2) is 5.27. The van der Waals surface area contributed by atoms with Crippen LogP contribution in [0.1, 0.15) is 19.2 Å². The highest BCUT2D eigenvalue weighted by Crippen LogP contribution is 2.21. The van der Waals surface area contributed by atoms with Crippen LogP contribution >= 0.6 is 15.9 Å². The third-order valence-electron chi connectivity index (χ3n) is 2.41. The Morgan fingerprint density at radius 3 is 2.53 bits per heavy atom. The molecule has 0 radical (unpaired) electrons. The summed E-state index contributed by atoms with van der Waals surface area (Å²) in [5.74, 6) is 1.34. The van der Waals surface area contributed by atoms with Crippen molar-refractivity contribution >= 4 is 21.7 Å².